The van der Waals surface area contributed by atoms with Crippen LogP contribution in [0.1, 0.15) is 59.3 Å². The second kappa shape index (κ2) is 4.91. The lowest BCUT2D eigenvalue weighted by molar-refractivity contribution is -0.0361. The molecule has 1 heteroatoms. The van der Waals surface area contributed by atoms with E-state index in [1.54, 1.807) is 5.57 Å². The molecule has 16 heavy (non-hydrogen) atoms. The minimum Gasteiger partial charge on any atom is -0.374 e. The number of rotatable bonds is 4. The molecular weight excluding hydrogens is 196 g/mol. The molecule has 0 aromatic heterocycles. The second-order valence-electron chi connectivity index (χ2n) is 5.73. The molecule has 2 unspecified atom stereocenters. The molecule has 0 amide bonds. The van der Waals surface area contributed by atoms with E-state index >= 15 is 0 Å². The zero-order valence-corrected chi connectivity index (χ0v) is 11.1. The first kappa shape index (κ1) is 12.2. The molecule has 1 fully saturated rings. The first-order chi connectivity index (χ1) is 7.72. The Balaban J connectivity index is 2.15. The van der Waals surface area contributed by atoms with Gasteiger partial charge in [0, 0.05) is 0 Å². The minimum absolute atomic E-state index is 0.228. The van der Waals surface area contributed by atoms with Crippen molar-refractivity contribution < 1.29 is 4.74 Å². The first-order valence-electron chi connectivity index (χ1n) is 7.01. The van der Waals surface area contributed by atoms with Gasteiger partial charge in [-0.15, -0.1) is 0 Å². The summed E-state index contributed by atoms with van der Waals surface area (Å²) < 4.78 is 6.28. The summed E-state index contributed by atoms with van der Waals surface area (Å²) >= 11 is 0. The van der Waals surface area contributed by atoms with Crippen LogP contribution in [-0.2, 0) is 4.74 Å². The zero-order chi connectivity index (χ0) is 11.6. The van der Waals surface area contributed by atoms with Crippen LogP contribution in [0, 0.1) is 11.8 Å². The van der Waals surface area contributed by atoms with Crippen molar-refractivity contribution in [1.29, 1.82) is 0 Å². The summed E-state index contributed by atoms with van der Waals surface area (Å²) in [6, 6.07) is 0. The highest BCUT2D eigenvalue weighted by Gasteiger charge is 2.48. The molecule has 92 valence electrons. The summed E-state index contributed by atoms with van der Waals surface area (Å²) in [5.41, 5.74) is 1.80. The van der Waals surface area contributed by atoms with E-state index in [9.17, 15) is 0 Å². The maximum atomic E-state index is 6.28. The second-order valence-corrected chi connectivity index (χ2v) is 5.73. The highest BCUT2D eigenvalue weighted by atomic mass is 16.5. The zero-order valence-electron chi connectivity index (χ0n) is 11.1. The fourth-order valence-corrected chi connectivity index (χ4v) is 3.85. The van der Waals surface area contributed by atoms with Gasteiger partial charge in [0.05, 0.1) is 12.2 Å². The van der Waals surface area contributed by atoms with Gasteiger partial charge in [-0.2, -0.15) is 0 Å². The van der Waals surface area contributed by atoms with E-state index in [-0.39, 0.29) is 5.60 Å². The van der Waals surface area contributed by atoms with Crippen molar-refractivity contribution in [3.8, 4) is 0 Å². The quantitative estimate of drug-likeness (QED) is 0.643. The summed E-state index contributed by atoms with van der Waals surface area (Å²) in [4.78, 5) is 0. The topological polar surface area (TPSA) is 9.23 Å². The van der Waals surface area contributed by atoms with Gasteiger partial charge in [0.1, 0.15) is 0 Å². The number of fused-ring (bicyclic) bond motifs is 1. The lowest BCUT2D eigenvalue weighted by Gasteiger charge is -2.37. The van der Waals surface area contributed by atoms with E-state index in [0.29, 0.717) is 0 Å². The summed E-state index contributed by atoms with van der Waals surface area (Å²) in [6.07, 6.45) is 10.0. The van der Waals surface area contributed by atoms with Gasteiger partial charge < -0.3 is 4.74 Å². The number of ether oxygens (including phenoxy) is 1. The SMILES string of the molecule is CCCC1(CCC)OCC2CC(C)=CCC21. The maximum absolute atomic E-state index is 6.28. The van der Waals surface area contributed by atoms with Crippen LogP contribution < -0.4 is 0 Å². The molecule has 0 bridgehead atoms. The van der Waals surface area contributed by atoms with Crippen molar-refractivity contribution in [3.63, 3.8) is 0 Å². The largest absolute Gasteiger partial charge is 0.374 e. The molecule has 2 aliphatic rings. The molecule has 1 aliphatic carbocycles. The molecule has 0 saturated carbocycles. The van der Waals surface area contributed by atoms with Crippen LogP contribution >= 0.6 is 0 Å². The van der Waals surface area contributed by atoms with E-state index < -0.39 is 0 Å². The van der Waals surface area contributed by atoms with Crippen molar-refractivity contribution in [2.45, 2.75) is 64.9 Å². The van der Waals surface area contributed by atoms with Crippen LogP contribution in [0.5, 0.6) is 0 Å². The van der Waals surface area contributed by atoms with E-state index in [4.69, 9.17) is 4.74 Å². The van der Waals surface area contributed by atoms with Crippen molar-refractivity contribution in [1.82, 2.24) is 0 Å². The van der Waals surface area contributed by atoms with Crippen molar-refractivity contribution in [2.24, 2.45) is 11.8 Å². The predicted molar refractivity (Wildman–Crippen MR) is 68.5 cm³/mol. The molecule has 0 radical (unpaired) electrons. The van der Waals surface area contributed by atoms with E-state index in [1.807, 2.05) is 0 Å². The van der Waals surface area contributed by atoms with Gasteiger partial charge >= 0.3 is 0 Å². The number of hydrogen-bond donors (Lipinski definition) is 0. The molecule has 1 heterocycles. The molecule has 2 atom stereocenters. The Hall–Kier alpha value is -0.300. The van der Waals surface area contributed by atoms with E-state index in [0.717, 1.165) is 18.4 Å². The van der Waals surface area contributed by atoms with Gasteiger partial charge in [0.25, 0.3) is 0 Å². The van der Waals surface area contributed by atoms with Crippen LogP contribution in [0.2, 0.25) is 0 Å². The first-order valence-corrected chi connectivity index (χ1v) is 7.01. The Morgan fingerprint density at radius 1 is 1.31 bits per heavy atom. The van der Waals surface area contributed by atoms with Crippen LogP contribution in [0.3, 0.4) is 0 Å². The highest BCUT2D eigenvalue weighted by Crippen LogP contribution is 2.48. The summed E-state index contributed by atoms with van der Waals surface area (Å²) in [7, 11) is 0. The maximum Gasteiger partial charge on any atom is 0.0717 e. The number of hydrogen-bond acceptors (Lipinski definition) is 1. The molecule has 0 spiro atoms. The average molecular weight is 222 g/mol. The Morgan fingerprint density at radius 3 is 2.62 bits per heavy atom. The molecule has 0 aromatic rings. The molecule has 0 aromatic carbocycles. The molecular formula is C15H26O. The van der Waals surface area contributed by atoms with Gasteiger partial charge in [-0.05, 0) is 44.4 Å². The molecule has 0 N–H and O–H groups in total. The third-order valence-electron chi connectivity index (χ3n) is 4.48. The van der Waals surface area contributed by atoms with Gasteiger partial charge in [0.15, 0.2) is 0 Å². The van der Waals surface area contributed by atoms with Crippen molar-refractivity contribution >= 4 is 0 Å². The van der Waals surface area contributed by atoms with E-state index in [1.165, 1.54) is 38.5 Å². The van der Waals surface area contributed by atoms with Crippen LogP contribution in [0.15, 0.2) is 11.6 Å². The van der Waals surface area contributed by atoms with Gasteiger partial charge in [-0.25, -0.2) is 0 Å². The summed E-state index contributed by atoms with van der Waals surface area (Å²) in [6.45, 7) is 7.86. The van der Waals surface area contributed by atoms with Crippen LogP contribution in [0.4, 0.5) is 0 Å². The average Bonchev–Trinajstić information content (AvgIpc) is 2.58. The molecule has 1 nitrogen and oxygen atoms in total. The Labute approximate surface area is 100 Å². The van der Waals surface area contributed by atoms with Crippen LogP contribution in [0.25, 0.3) is 0 Å². The Morgan fingerprint density at radius 2 is 2.00 bits per heavy atom. The lowest BCUT2D eigenvalue weighted by atomic mass is 9.70. The van der Waals surface area contributed by atoms with Gasteiger partial charge in [-0.1, -0.05) is 38.3 Å². The number of allylic oxidation sites excluding steroid dienone is 2. The fraction of sp³-hybridized carbons (Fsp3) is 0.867. The third kappa shape index (κ3) is 2.07. The predicted octanol–water partition coefficient (Wildman–Crippen LogP) is 4.33. The minimum atomic E-state index is 0.228. The summed E-state index contributed by atoms with van der Waals surface area (Å²) in [5.74, 6) is 1.61. The van der Waals surface area contributed by atoms with Gasteiger partial charge in [-0.3, -0.25) is 0 Å². The molecule has 2 rings (SSSR count). The Bertz CT molecular complexity index is 261. The normalized spacial score (nSPS) is 32.3. The third-order valence-corrected chi connectivity index (χ3v) is 4.48. The van der Waals surface area contributed by atoms with E-state index in [2.05, 4.69) is 26.8 Å². The van der Waals surface area contributed by atoms with Gasteiger partial charge in [0.2, 0.25) is 0 Å². The summed E-state index contributed by atoms with van der Waals surface area (Å²) in [5, 5.41) is 0. The highest BCUT2D eigenvalue weighted by molar-refractivity contribution is 5.11. The molecule has 1 aliphatic heterocycles. The Kier molecular flexibility index (Phi) is 3.73. The smallest absolute Gasteiger partial charge is 0.0717 e. The van der Waals surface area contributed by atoms with Crippen LogP contribution in [-0.4, -0.2) is 12.2 Å². The lowest BCUT2D eigenvalue weighted by Crippen LogP contribution is -2.37. The van der Waals surface area contributed by atoms with Crippen molar-refractivity contribution in [3.05, 3.63) is 11.6 Å². The monoisotopic (exact) mass is 222 g/mol. The standard InChI is InChI=1S/C15H26O/c1-4-8-15(9-5-2)14-7-6-12(3)10-13(14)11-16-15/h6,13-14H,4-5,7-11H2,1-3H3. The molecule has 1 saturated heterocycles. The van der Waals surface area contributed by atoms with Crippen molar-refractivity contribution in [2.75, 3.05) is 6.61 Å². The fourth-order valence-electron chi connectivity index (χ4n) is 3.85.